The number of anilines is 1. The summed E-state index contributed by atoms with van der Waals surface area (Å²) >= 11 is 0. The Balaban J connectivity index is 1.94. The van der Waals surface area contributed by atoms with Gasteiger partial charge in [-0.05, 0) is 31.9 Å². The molecule has 3 rings (SSSR count). The number of nitrogens with zero attached hydrogens (tertiary/aromatic N) is 3. The summed E-state index contributed by atoms with van der Waals surface area (Å²) < 4.78 is 0. The molecule has 2 heterocycles. The van der Waals surface area contributed by atoms with Crippen LogP contribution < -0.4 is 4.90 Å². The summed E-state index contributed by atoms with van der Waals surface area (Å²) in [5.74, 6) is 0.855. The fraction of sp³-hybridized carbons (Fsp3) is 0.429. The van der Waals surface area contributed by atoms with Crippen molar-refractivity contribution >= 4 is 16.9 Å². The van der Waals surface area contributed by atoms with Gasteiger partial charge in [0, 0.05) is 13.1 Å². The normalized spacial score (nSPS) is 24.4. The average Bonchev–Trinajstić information content (AvgIpc) is 2.37. The molecule has 2 aromatic rings. The predicted octanol–water partition coefficient (Wildman–Crippen LogP) is 1.98. The molecule has 0 bridgehead atoms. The smallest absolute Gasteiger partial charge is 0.147 e. The van der Waals surface area contributed by atoms with Gasteiger partial charge in [-0.15, -0.1) is 0 Å². The molecule has 1 N–H and O–H groups in total. The van der Waals surface area contributed by atoms with Crippen molar-refractivity contribution in [2.75, 3.05) is 18.0 Å². The van der Waals surface area contributed by atoms with Crippen LogP contribution in [0.15, 0.2) is 30.5 Å². The van der Waals surface area contributed by atoms with Gasteiger partial charge in [0.2, 0.25) is 0 Å². The van der Waals surface area contributed by atoms with Crippen molar-refractivity contribution < 1.29 is 5.11 Å². The Morgan fingerprint density at radius 3 is 2.83 bits per heavy atom. The minimum atomic E-state index is -0.619. The van der Waals surface area contributed by atoms with Crippen LogP contribution in [0.3, 0.4) is 0 Å². The maximum atomic E-state index is 10.1. The van der Waals surface area contributed by atoms with E-state index in [0.717, 1.165) is 36.2 Å². The molecule has 4 heteroatoms. The second kappa shape index (κ2) is 4.21. The summed E-state index contributed by atoms with van der Waals surface area (Å²) in [5.41, 5.74) is 1.19. The Morgan fingerprint density at radius 2 is 2.06 bits per heavy atom. The third kappa shape index (κ3) is 2.16. The molecule has 1 aliphatic rings. The zero-order valence-electron chi connectivity index (χ0n) is 10.5. The van der Waals surface area contributed by atoms with Crippen LogP contribution in [-0.2, 0) is 0 Å². The number of hydrogen-bond donors (Lipinski definition) is 1. The molecule has 0 amide bonds. The molecule has 0 aliphatic carbocycles. The summed E-state index contributed by atoms with van der Waals surface area (Å²) in [6.07, 6.45) is 3.63. The quantitative estimate of drug-likeness (QED) is 0.832. The Labute approximate surface area is 106 Å². The first kappa shape index (κ1) is 11.4. The number of aromatic nitrogens is 2. The molecule has 18 heavy (non-hydrogen) atoms. The number of aliphatic hydroxyl groups is 1. The van der Waals surface area contributed by atoms with E-state index >= 15 is 0 Å². The summed E-state index contributed by atoms with van der Waals surface area (Å²) in [4.78, 5) is 11.1. The average molecular weight is 243 g/mol. The molecule has 1 aromatic heterocycles. The maximum absolute atomic E-state index is 10.1. The number of rotatable bonds is 1. The molecule has 0 radical (unpaired) electrons. The van der Waals surface area contributed by atoms with Crippen LogP contribution in [0.25, 0.3) is 11.0 Å². The summed E-state index contributed by atoms with van der Waals surface area (Å²) in [7, 11) is 0. The first-order chi connectivity index (χ1) is 8.64. The highest BCUT2D eigenvalue weighted by Gasteiger charge is 2.29. The molecule has 1 aromatic carbocycles. The Hall–Kier alpha value is -1.68. The molecule has 0 spiro atoms. The number of β-amino-alcohol motifs (C(OH)–C–C–N with tert-alkyl or cyclic N) is 1. The monoisotopic (exact) mass is 243 g/mol. The van der Waals surface area contributed by atoms with Gasteiger partial charge < -0.3 is 10.0 Å². The number of hydrogen-bond acceptors (Lipinski definition) is 4. The molecule has 1 aliphatic heterocycles. The lowest BCUT2D eigenvalue weighted by atomic mass is 9.95. The van der Waals surface area contributed by atoms with Crippen molar-refractivity contribution in [2.45, 2.75) is 25.4 Å². The highest BCUT2D eigenvalue weighted by molar-refractivity contribution is 5.75. The van der Waals surface area contributed by atoms with Crippen LogP contribution in [0.5, 0.6) is 0 Å². The second-order valence-electron chi connectivity index (χ2n) is 5.24. The lowest BCUT2D eigenvalue weighted by Gasteiger charge is -2.37. The third-order valence-corrected chi connectivity index (χ3v) is 3.43. The van der Waals surface area contributed by atoms with Crippen LogP contribution in [-0.4, -0.2) is 33.8 Å². The molecule has 1 unspecified atom stereocenters. The zero-order valence-corrected chi connectivity index (χ0v) is 10.5. The largest absolute Gasteiger partial charge is 0.388 e. The van der Waals surface area contributed by atoms with Gasteiger partial charge in [0.15, 0.2) is 0 Å². The first-order valence-corrected chi connectivity index (χ1v) is 6.33. The van der Waals surface area contributed by atoms with Gasteiger partial charge in [-0.25, -0.2) is 4.98 Å². The van der Waals surface area contributed by atoms with Crippen LogP contribution in [0.2, 0.25) is 0 Å². The van der Waals surface area contributed by atoms with Crippen LogP contribution in [0.4, 0.5) is 5.82 Å². The topological polar surface area (TPSA) is 49.2 Å². The van der Waals surface area contributed by atoms with Crippen LogP contribution in [0.1, 0.15) is 19.8 Å². The van der Waals surface area contributed by atoms with Gasteiger partial charge in [-0.3, -0.25) is 4.98 Å². The minimum absolute atomic E-state index is 0.619. The van der Waals surface area contributed by atoms with E-state index in [2.05, 4.69) is 14.9 Å². The molecular formula is C14H17N3O. The maximum Gasteiger partial charge on any atom is 0.147 e. The Kier molecular flexibility index (Phi) is 2.67. The van der Waals surface area contributed by atoms with E-state index in [0.29, 0.717) is 6.54 Å². The van der Waals surface area contributed by atoms with E-state index in [1.165, 1.54) is 0 Å². The summed E-state index contributed by atoms with van der Waals surface area (Å²) in [6.45, 7) is 3.44. The molecule has 4 nitrogen and oxygen atoms in total. The van der Waals surface area contributed by atoms with Crippen molar-refractivity contribution in [1.82, 2.24) is 9.97 Å². The molecule has 1 fully saturated rings. The van der Waals surface area contributed by atoms with Gasteiger partial charge in [0.05, 0.1) is 22.8 Å². The highest BCUT2D eigenvalue weighted by atomic mass is 16.3. The van der Waals surface area contributed by atoms with E-state index in [9.17, 15) is 5.11 Å². The fourth-order valence-corrected chi connectivity index (χ4v) is 2.52. The summed E-state index contributed by atoms with van der Waals surface area (Å²) in [6, 6.07) is 7.85. The predicted molar refractivity (Wildman–Crippen MR) is 71.6 cm³/mol. The second-order valence-corrected chi connectivity index (χ2v) is 5.24. The minimum Gasteiger partial charge on any atom is -0.388 e. The number of fused-ring (bicyclic) bond motifs is 1. The van der Waals surface area contributed by atoms with E-state index in [-0.39, 0.29) is 0 Å². The van der Waals surface area contributed by atoms with E-state index in [4.69, 9.17) is 0 Å². The number of piperidine rings is 1. The lowest BCUT2D eigenvalue weighted by molar-refractivity contribution is 0.0447. The first-order valence-electron chi connectivity index (χ1n) is 6.33. The Morgan fingerprint density at radius 1 is 1.28 bits per heavy atom. The highest BCUT2D eigenvalue weighted by Crippen LogP contribution is 2.24. The zero-order chi connectivity index (χ0) is 12.6. The van der Waals surface area contributed by atoms with E-state index in [1.807, 2.05) is 31.2 Å². The van der Waals surface area contributed by atoms with Gasteiger partial charge in [0.1, 0.15) is 5.82 Å². The van der Waals surface area contributed by atoms with Crippen molar-refractivity contribution in [2.24, 2.45) is 0 Å². The van der Waals surface area contributed by atoms with Crippen LogP contribution in [0, 0.1) is 0 Å². The molecule has 1 atom stereocenters. The standard InChI is InChI=1S/C14H17N3O/c1-14(18)7-4-8-17(10-14)13-9-15-11-5-2-3-6-12(11)16-13/h2-3,5-6,9,18H,4,7-8,10H2,1H3. The molecule has 0 saturated carbocycles. The lowest BCUT2D eigenvalue weighted by Crippen LogP contribution is -2.46. The van der Waals surface area contributed by atoms with Crippen LogP contribution >= 0.6 is 0 Å². The fourth-order valence-electron chi connectivity index (χ4n) is 2.52. The number of para-hydroxylation sites is 2. The van der Waals surface area contributed by atoms with Crippen molar-refractivity contribution in [1.29, 1.82) is 0 Å². The number of benzene rings is 1. The van der Waals surface area contributed by atoms with E-state index in [1.54, 1.807) is 6.20 Å². The van der Waals surface area contributed by atoms with Crippen molar-refractivity contribution in [3.63, 3.8) is 0 Å². The van der Waals surface area contributed by atoms with E-state index < -0.39 is 5.60 Å². The Bertz CT molecular complexity index is 568. The van der Waals surface area contributed by atoms with Gasteiger partial charge in [-0.1, -0.05) is 12.1 Å². The van der Waals surface area contributed by atoms with Gasteiger partial charge in [-0.2, -0.15) is 0 Å². The molecule has 1 saturated heterocycles. The molecule has 94 valence electrons. The van der Waals surface area contributed by atoms with Crippen molar-refractivity contribution in [3.8, 4) is 0 Å². The third-order valence-electron chi connectivity index (χ3n) is 3.43. The van der Waals surface area contributed by atoms with Gasteiger partial charge in [0.25, 0.3) is 0 Å². The molecular weight excluding hydrogens is 226 g/mol. The summed E-state index contributed by atoms with van der Waals surface area (Å²) in [5, 5.41) is 10.1. The van der Waals surface area contributed by atoms with Gasteiger partial charge >= 0.3 is 0 Å². The SMILES string of the molecule is CC1(O)CCCN(c2cnc3ccccc3n2)C1. The van der Waals surface area contributed by atoms with Crippen molar-refractivity contribution in [3.05, 3.63) is 30.5 Å².